The molecule has 1 aromatic rings. The Morgan fingerprint density at radius 1 is 1.33 bits per heavy atom. The molecule has 0 radical (unpaired) electrons. The lowest BCUT2D eigenvalue weighted by Gasteiger charge is -2.26. The minimum absolute atomic E-state index is 0.122. The van der Waals surface area contributed by atoms with Gasteiger partial charge in [-0.3, -0.25) is 4.18 Å². The van der Waals surface area contributed by atoms with Gasteiger partial charge in [-0.1, -0.05) is 28.1 Å². The highest BCUT2D eigenvalue weighted by Gasteiger charge is 2.45. The van der Waals surface area contributed by atoms with Gasteiger partial charge in [-0.2, -0.15) is 12.7 Å². The minimum Gasteiger partial charge on any atom is -0.443 e. The lowest BCUT2D eigenvalue weighted by Crippen LogP contribution is -2.39. The quantitative estimate of drug-likeness (QED) is 0.751. The zero-order valence-corrected chi connectivity index (χ0v) is 14.3. The highest BCUT2D eigenvalue weighted by molar-refractivity contribution is 9.10. The monoisotopic (exact) mass is 377 g/mol. The molecular weight excluding hydrogens is 362 g/mol. The number of carbonyl (C=O) groups excluding carboxylic acids is 1. The Bertz CT molecular complexity index is 636. The van der Waals surface area contributed by atoms with E-state index in [1.54, 1.807) is 45.0 Å². The van der Waals surface area contributed by atoms with Crippen LogP contribution in [-0.4, -0.2) is 31.0 Å². The molecule has 1 aliphatic heterocycles. The van der Waals surface area contributed by atoms with Crippen molar-refractivity contribution in [2.24, 2.45) is 0 Å². The van der Waals surface area contributed by atoms with E-state index in [0.29, 0.717) is 9.87 Å². The fourth-order valence-electron chi connectivity index (χ4n) is 1.87. The SMILES string of the molecule is CC(C)(C)OC(=O)N1C(c2ccc(Br)cc2)COS1(=O)=O. The lowest BCUT2D eigenvalue weighted by molar-refractivity contribution is 0.0356. The zero-order valence-electron chi connectivity index (χ0n) is 11.9. The third-order valence-electron chi connectivity index (χ3n) is 2.73. The average Bonchev–Trinajstić information content (AvgIpc) is 2.64. The van der Waals surface area contributed by atoms with E-state index in [1.165, 1.54) is 0 Å². The number of hydrogen-bond acceptors (Lipinski definition) is 5. The van der Waals surface area contributed by atoms with Crippen molar-refractivity contribution in [1.82, 2.24) is 4.31 Å². The first-order valence-electron chi connectivity index (χ1n) is 6.27. The van der Waals surface area contributed by atoms with Crippen molar-refractivity contribution in [3.63, 3.8) is 0 Å². The van der Waals surface area contributed by atoms with E-state index < -0.39 is 28.0 Å². The number of amides is 1. The largest absolute Gasteiger partial charge is 0.443 e. The first-order valence-corrected chi connectivity index (χ1v) is 8.43. The molecule has 1 atom stereocenters. The molecule has 0 bridgehead atoms. The zero-order chi connectivity index (χ0) is 15.8. The molecule has 8 heteroatoms. The molecule has 1 unspecified atom stereocenters. The van der Waals surface area contributed by atoms with Crippen LogP contribution >= 0.6 is 15.9 Å². The van der Waals surface area contributed by atoms with Crippen LogP contribution in [-0.2, 0) is 19.2 Å². The van der Waals surface area contributed by atoms with Crippen molar-refractivity contribution in [1.29, 1.82) is 0 Å². The molecular formula is C13H16BrNO5S. The normalized spacial score (nSPS) is 21.3. The van der Waals surface area contributed by atoms with Crippen LogP contribution in [0.1, 0.15) is 32.4 Å². The summed E-state index contributed by atoms with van der Waals surface area (Å²) in [6.07, 6.45) is -0.937. The maximum absolute atomic E-state index is 12.2. The van der Waals surface area contributed by atoms with Gasteiger partial charge in [0.2, 0.25) is 0 Å². The Kier molecular flexibility index (Phi) is 4.32. The van der Waals surface area contributed by atoms with E-state index >= 15 is 0 Å². The van der Waals surface area contributed by atoms with Gasteiger partial charge in [0, 0.05) is 4.47 Å². The van der Waals surface area contributed by atoms with Crippen molar-refractivity contribution in [3.8, 4) is 0 Å². The van der Waals surface area contributed by atoms with Gasteiger partial charge in [0.05, 0.1) is 6.61 Å². The van der Waals surface area contributed by atoms with Gasteiger partial charge in [-0.15, -0.1) is 0 Å². The molecule has 0 saturated carbocycles. The van der Waals surface area contributed by atoms with Gasteiger partial charge in [0.15, 0.2) is 0 Å². The van der Waals surface area contributed by atoms with E-state index in [4.69, 9.17) is 8.92 Å². The predicted molar refractivity (Wildman–Crippen MR) is 79.8 cm³/mol. The number of halogens is 1. The molecule has 21 heavy (non-hydrogen) atoms. The van der Waals surface area contributed by atoms with Crippen LogP contribution < -0.4 is 0 Å². The molecule has 1 aliphatic rings. The molecule has 0 spiro atoms. The van der Waals surface area contributed by atoms with Crippen molar-refractivity contribution in [3.05, 3.63) is 34.3 Å². The fraction of sp³-hybridized carbons (Fsp3) is 0.462. The number of hydrogen-bond donors (Lipinski definition) is 0. The molecule has 0 aliphatic carbocycles. The molecule has 1 amide bonds. The van der Waals surface area contributed by atoms with Crippen LogP contribution in [0.15, 0.2) is 28.7 Å². The maximum Gasteiger partial charge on any atom is 0.426 e. The van der Waals surface area contributed by atoms with Gasteiger partial charge in [-0.05, 0) is 38.5 Å². The molecule has 0 aromatic heterocycles. The number of benzene rings is 1. The lowest BCUT2D eigenvalue weighted by atomic mass is 10.1. The summed E-state index contributed by atoms with van der Waals surface area (Å²) < 4.78 is 35.3. The second-order valence-electron chi connectivity index (χ2n) is 5.59. The standard InChI is InChI=1S/C13H16BrNO5S/c1-13(2,3)20-12(16)15-11(8-19-21(15,17)18)9-4-6-10(14)7-5-9/h4-7,11H,8H2,1-3H3. The number of nitrogens with zero attached hydrogens (tertiary/aromatic N) is 1. The number of carbonyl (C=O) groups is 1. The smallest absolute Gasteiger partial charge is 0.426 e. The molecule has 1 fully saturated rings. The molecule has 1 heterocycles. The maximum atomic E-state index is 12.2. The summed E-state index contributed by atoms with van der Waals surface area (Å²) in [6.45, 7) is 4.89. The van der Waals surface area contributed by atoms with Crippen molar-refractivity contribution >= 4 is 32.3 Å². The highest BCUT2D eigenvalue weighted by atomic mass is 79.9. The second-order valence-corrected chi connectivity index (χ2v) is 7.99. The summed E-state index contributed by atoms with van der Waals surface area (Å²) in [5.41, 5.74) is -0.135. The Hall–Kier alpha value is -1.12. The van der Waals surface area contributed by atoms with Gasteiger partial charge in [0.1, 0.15) is 11.6 Å². The molecule has 0 N–H and O–H groups in total. The molecule has 1 saturated heterocycles. The number of rotatable bonds is 1. The minimum atomic E-state index is -4.12. The van der Waals surface area contributed by atoms with Crippen LogP contribution in [0.3, 0.4) is 0 Å². The molecule has 6 nitrogen and oxygen atoms in total. The first-order chi connectivity index (χ1) is 9.60. The third kappa shape index (κ3) is 3.75. The Labute approximate surface area is 132 Å². The topological polar surface area (TPSA) is 72.9 Å². The number of ether oxygens (including phenoxy) is 1. The van der Waals surface area contributed by atoms with Crippen molar-refractivity contribution in [2.45, 2.75) is 32.4 Å². The Balaban J connectivity index is 2.33. The molecule has 1 aromatic carbocycles. The summed E-state index contributed by atoms with van der Waals surface area (Å²) in [7, 11) is -4.12. The average molecular weight is 378 g/mol. The van der Waals surface area contributed by atoms with Crippen LogP contribution in [0.25, 0.3) is 0 Å². The summed E-state index contributed by atoms with van der Waals surface area (Å²) in [5.74, 6) is 0. The fourth-order valence-corrected chi connectivity index (χ4v) is 3.27. The van der Waals surface area contributed by atoms with Crippen molar-refractivity contribution in [2.75, 3.05) is 6.61 Å². The van der Waals surface area contributed by atoms with Crippen LogP contribution in [0.5, 0.6) is 0 Å². The Morgan fingerprint density at radius 3 is 2.43 bits per heavy atom. The van der Waals surface area contributed by atoms with Crippen LogP contribution in [0, 0.1) is 0 Å². The van der Waals surface area contributed by atoms with E-state index in [2.05, 4.69) is 15.9 Å². The van der Waals surface area contributed by atoms with Gasteiger partial charge in [0.25, 0.3) is 0 Å². The first kappa shape index (κ1) is 16.3. The van der Waals surface area contributed by atoms with Crippen LogP contribution in [0.2, 0.25) is 0 Å². The van der Waals surface area contributed by atoms with E-state index in [9.17, 15) is 13.2 Å². The van der Waals surface area contributed by atoms with E-state index in [-0.39, 0.29) is 6.61 Å². The van der Waals surface area contributed by atoms with Crippen LogP contribution in [0.4, 0.5) is 4.79 Å². The van der Waals surface area contributed by atoms with Gasteiger partial charge in [-0.25, -0.2) is 4.79 Å². The summed E-state index contributed by atoms with van der Waals surface area (Å²) in [6, 6.07) is 6.28. The van der Waals surface area contributed by atoms with Gasteiger partial charge >= 0.3 is 16.4 Å². The molecule has 2 rings (SSSR count). The van der Waals surface area contributed by atoms with E-state index in [1.807, 2.05) is 0 Å². The third-order valence-corrected chi connectivity index (χ3v) is 4.58. The summed E-state index contributed by atoms with van der Waals surface area (Å²) in [5, 5.41) is 0. The highest BCUT2D eigenvalue weighted by Crippen LogP contribution is 2.33. The van der Waals surface area contributed by atoms with E-state index in [0.717, 1.165) is 4.47 Å². The summed E-state index contributed by atoms with van der Waals surface area (Å²) in [4.78, 5) is 12.2. The Morgan fingerprint density at radius 2 is 1.90 bits per heavy atom. The second kappa shape index (κ2) is 5.58. The predicted octanol–water partition coefficient (Wildman–Crippen LogP) is 3.00. The summed E-state index contributed by atoms with van der Waals surface area (Å²) >= 11 is 3.31. The van der Waals surface area contributed by atoms with Crippen molar-refractivity contribution < 1.29 is 22.1 Å². The van der Waals surface area contributed by atoms with Gasteiger partial charge < -0.3 is 4.74 Å². The molecule has 116 valence electrons.